The van der Waals surface area contributed by atoms with E-state index in [0.29, 0.717) is 32.1 Å². The normalized spacial score (nSPS) is 19.5. The molecule has 102 valence electrons. The van der Waals surface area contributed by atoms with Gasteiger partial charge in [0.25, 0.3) is 5.91 Å². The Bertz CT molecular complexity index is 467. The molecule has 3 rings (SSSR count). The summed E-state index contributed by atoms with van der Waals surface area (Å²) in [4.78, 5) is 20.4. The van der Waals surface area contributed by atoms with Crippen molar-refractivity contribution in [1.29, 1.82) is 0 Å². The van der Waals surface area contributed by atoms with Gasteiger partial charge in [-0.3, -0.25) is 4.79 Å². The van der Waals surface area contributed by atoms with Crippen molar-refractivity contribution in [3.05, 3.63) is 23.6 Å². The first-order valence-corrected chi connectivity index (χ1v) is 7.11. The number of carbonyl (C=O) groups excluding carboxylic acids is 1. The van der Waals surface area contributed by atoms with Crippen LogP contribution in [0.15, 0.2) is 23.6 Å². The third-order valence-corrected chi connectivity index (χ3v) is 3.95. The van der Waals surface area contributed by atoms with Gasteiger partial charge >= 0.3 is 0 Å². The van der Waals surface area contributed by atoms with E-state index >= 15 is 0 Å². The molecule has 0 bridgehead atoms. The number of aromatic nitrogens is 1. The summed E-state index contributed by atoms with van der Waals surface area (Å²) in [7, 11) is 0. The number of anilines is 1. The summed E-state index contributed by atoms with van der Waals surface area (Å²) >= 11 is 1.62. The van der Waals surface area contributed by atoms with Crippen LogP contribution in [-0.4, -0.2) is 55.2 Å². The van der Waals surface area contributed by atoms with Crippen molar-refractivity contribution >= 4 is 22.4 Å². The summed E-state index contributed by atoms with van der Waals surface area (Å²) in [6.45, 7) is 3.91. The lowest BCUT2D eigenvalue weighted by atomic mass is 10.3. The molecule has 1 aromatic heterocycles. The minimum atomic E-state index is -0.0847. The molecule has 0 radical (unpaired) electrons. The third-order valence-electron chi connectivity index (χ3n) is 3.12. The van der Waals surface area contributed by atoms with Crippen molar-refractivity contribution in [2.24, 2.45) is 0 Å². The lowest BCUT2D eigenvalue weighted by Gasteiger charge is -2.35. The van der Waals surface area contributed by atoms with E-state index in [0.717, 1.165) is 18.2 Å². The van der Waals surface area contributed by atoms with Crippen LogP contribution in [0.3, 0.4) is 0 Å². The maximum Gasteiger partial charge on any atom is 0.292 e. The highest BCUT2D eigenvalue weighted by Gasteiger charge is 2.26. The van der Waals surface area contributed by atoms with Gasteiger partial charge in [-0.1, -0.05) is 0 Å². The Morgan fingerprint density at radius 3 is 2.74 bits per heavy atom. The molecular formula is C12H15N3O3S. The van der Waals surface area contributed by atoms with Gasteiger partial charge in [-0.05, 0) is 0 Å². The van der Waals surface area contributed by atoms with Gasteiger partial charge in [-0.15, -0.1) is 11.3 Å². The average Bonchev–Trinajstić information content (AvgIpc) is 3.02. The number of hydrogen-bond acceptors (Lipinski definition) is 6. The van der Waals surface area contributed by atoms with Gasteiger partial charge in [0.1, 0.15) is 19.5 Å². The van der Waals surface area contributed by atoms with E-state index in [1.54, 1.807) is 22.4 Å². The molecule has 2 aliphatic rings. The van der Waals surface area contributed by atoms with E-state index in [4.69, 9.17) is 9.47 Å². The van der Waals surface area contributed by atoms with Crippen LogP contribution in [0, 0.1) is 0 Å². The number of piperazine rings is 1. The predicted molar refractivity (Wildman–Crippen MR) is 70.9 cm³/mol. The van der Waals surface area contributed by atoms with Crippen molar-refractivity contribution in [3.8, 4) is 0 Å². The van der Waals surface area contributed by atoms with E-state index in [1.165, 1.54) is 6.26 Å². The van der Waals surface area contributed by atoms with Gasteiger partial charge in [0.15, 0.2) is 5.13 Å². The Hall–Kier alpha value is -1.76. The lowest BCUT2D eigenvalue weighted by molar-refractivity contribution is -0.132. The minimum Gasteiger partial charge on any atom is -0.494 e. The monoisotopic (exact) mass is 281 g/mol. The van der Waals surface area contributed by atoms with E-state index < -0.39 is 0 Å². The molecule has 1 amide bonds. The van der Waals surface area contributed by atoms with Gasteiger partial charge in [0, 0.05) is 37.8 Å². The number of rotatable bonds is 2. The first-order valence-electron chi connectivity index (χ1n) is 6.23. The molecule has 1 saturated heterocycles. The van der Waals surface area contributed by atoms with Crippen LogP contribution >= 0.6 is 11.3 Å². The molecule has 19 heavy (non-hydrogen) atoms. The second-order valence-electron chi connectivity index (χ2n) is 4.30. The molecule has 0 N–H and O–H groups in total. The van der Waals surface area contributed by atoms with E-state index in [-0.39, 0.29) is 5.91 Å². The fraction of sp³-hybridized carbons (Fsp3) is 0.500. The number of amides is 1. The van der Waals surface area contributed by atoms with Crippen molar-refractivity contribution in [2.45, 2.75) is 0 Å². The van der Waals surface area contributed by atoms with Gasteiger partial charge in [0.05, 0.1) is 0 Å². The van der Waals surface area contributed by atoms with Crippen LogP contribution in [0.4, 0.5) is 5.13 Å². The van der Waals surface area contributed by atoms with Crippen molar-refractivity contribution in [2.75, 3.05) is 44.3 Å². The van der Waals surface area contributed by atoms with Crippen LogP contribution in [0.5, 0.6) is 0 Å². The Morgan fingerprint density at radius 1 is 1.26 bits per heavy atom. The zero-order valence-electron chi connectivity index (χ0n) is 10.4. The van der Waals surface area contributed by atoms with E-state index in [9.17, 15) is 4.79 Å². The van der Waals surface area contributed by atoms with Gasteiger partial charge in [-0.25, -0.2) is 4.98 Å². The number of nitrogens with zero attached hydrogens (tertiary/aromatic N) is 3. The summed E-state index contributed by atoms with van der Waals surface area (Å²) in [6.07, 6.45) is 3.22. The van der Waals surface area contributed by atoms with Gasteiger partial charge in [0.2, 0.25) is 5.76 Å². The van der Waals surface area contributed by atoms with E-state index in [2.05, 4.69) is 9.88 Å². The summed E-state index contributed by atoms with van der Waals surface area (Å²) in [6, 6.07) is 0. The zero-order chi connectivity index (χ0) is 13.1. The third kappa shape index (κ3) is 2.65. The largest absolute Gasteiger partial charge is 0.494 e. The molecule has 0 spiro atoms. The molecule has 2 aliphatic heterocycles. The summed E-state index contributed by atoms with van der Waals surface area (Å²) < 4.78 is 10.4. The predicted octanol–water partition coefficient (Wildman–Crippen LogP) is 0.680. The van der Waals surface area contributed by atoms with Crippen molar-refractivity contribution < 1.29 is 14.3 Å². The summed E-state index contributed by atoms with van der Waals surface area (Å²) in [5.41, 5.74) is 0. The van der Waals surface area contributed by atoms with Crippen LogP contribution in [0.25, 0.3) is 0 Å². The maximum absolute atomic E-state index is 12.2. The van der Waals surface area contributed by atoms with Crippen LogP contribution in [-0.2, 0) is 14.3 Å². The van der Waals surface area contributed by atoms with Gasteiger partial charge in [-0.2, -0.15) is 0 Å². The zero-order valence-corrected chi connectivity index (χ0v) is 11.3. The topological polar surface area (TPSA) is 54.9 Å². The quantitative estimate of drug-likeness (QED) is 0.798. The number of ether oxygens (including phenoxy) is 2. The highest BCUT2D eigenvalue weighted by molar-refractivity contribution is 7.13. The standard InChI is InChI=1S/C12H15N3O3S/c16-11(10-9-17-6-7-18-10)14-2-4-15(5-3-14)12-13-1-8-19-12/h1,8-9H,2-7H2. The van der Waals surface area contributed by atoms with Crippen molar-refractivity contribution in [1.82, 2.24) is 9.88 Å². The number of hydrogen-bond donors (Lipinski definition) is 0. The Kier molecular flexibility index (Phi) is 3.54. The molecule has 0 unspecified atom stereocenters. The van der Waals surface area contributed by atoms with Crippen molar-refractivity contribution in [3.63, 3.8) is 0 Å². The summed E-state index contributed by atoms with van der Waals surface area (Å²) in [5.74, 6) is 0.229. The molecule has 6 nitrogen and oxygen atoms in total. The molecule has 7 heteroatoms. The fourth-order valence-corrected chi connectivity index (χ4v) is 2.81. The Balaban J connectivity index is 1.58. The molecule has 0 aromatic carbocycles. The molecule has 0 saturated carbocycles. The number of carbonyl (C=O) groups is 1. The lowest BCUT2D eigenvalue weighted by Crippen LogP contribution is -2.49. The number of thiazole rings is 1. The van der Waals surface area contributed by atoms with E-state index in [1.807, 2.05) is 5.38 Å². The smallest absolute Gasteiger partial charge is 0.292 e. The Morgan fingerprint density at radius 2 is 2.11 bits per heavy atom. The van der Waals surface area contributed by atoms with Crippen LogP contribution in [0.1, 0.15) is 0 Å². The summed E-state index contributed by atoms with van der Waals surface area (Å²) in [5, 5.41) is 2.98. The minimum absolute atomic E-state index is 0.0847. The molecule has 3 heterocycles. The maximum atomic E-state index is 12.2. The second kappa shape index (κ2) is 5.48. The molecule has 0 atom stereocenters. The molecule has 1 aromatic rings. The molecular weight excluding hydrogens is 266 g/mol. The van der Waals surface area contributed by atoms with Crippen LogP contribution in [0.2, 0.25) is 0 Å². The molecule has 1 fully saturated rings. The molecule has 0 aliphatic carbocycles. The van der Waals surface area contributed by atoms with Crippen LogP contribution < -0.4 is 4.90 Å². The SMILES string of the molecule is O=C(C1=COCCO1)N1CCN(c2nccs2)CC1. The first-order chi connectivity index (χ1) is 9.34. The fourth-order valence-electron chi connectivity index (χ4n) is 2.11. The first kappa shape index (κ1) is 12.3. The highest BCUT2D eigenvalue weighted by Crippen LogP contribution is 2.19. The second-order valence-corrected chi connectivity index (χ2v) is 5.17. The Labute approximate surface area is 115 Å². The average molecular weight is 281 g/mol. The highest BCUT2D eigenvalue weighted by atomic mass is 32.1. The van der Waals surface area contributed by atoms with Gasteiger partial charge < -0.3 is 19.3 Å².